The van der Waals surface area contributed by atoms with Crippen molar-refractivity contribution in [1.82, 2.24) is 30.7 Å². The highest BCUT2D eigenvalue weighted by atomic mass is 16.6. The zero-order valence-corrected chi connectivity index (χ0v) is 18.8. The van der Waals surface area contributed by atoms with E-state index in [-0.39, 0.29) is 23.2 Å². The lowest BCUT2D eigenvalue weighted by atomic mass is 10.1. The standard InChI is InChI=1S/C22H21N9O4/c1-3-34-17-6-4-5-15(11-17)19-18(26-30-31(19)21-20(23)28-35-29-21)22(33)27-24-12-14-7-9-16(10-8-14)25-13(2)32/h4-12H,3H2,1-2H3,(H2,23,28)(H,25,32)(H,27,33)/b24-12-. The lowest BCUT2D eigenvalue weighted by Gasteiger charge is -2.08. The lowest BCUT2D eigenvalue weighted by molar-refractivity contribution is -0.114. The second kappa shape index (κ2) is 10.2. The third-order valence-electron chi connectivity index (χ3n) is 4.61. The Bertz CT molecular complexity index is 1380. The van der Waals surface area contributed by atoms with Gasteiger partial charge in [0.15, 0.2) is 5.69 Å². The molecule has 13 heteroatoms. The number of nitrogens with zero attached hydrogens (tertiary/aromatic N) is 6. The fourth-order valence-corrected chi connectivity index (χ4v) is 3.15. The number of nitrogen functional groups attached to an aromatic ring is 1. The summed E-state index contributed by atoms with van der Waals surface area (Å²) in [6, 6.07) is 14.0. The van der Waals surface area contributed by atoms with Crippen LogP contribution < -0.4 is 21.2 Å². The molecule has 0 fully saturated rings. The first-order valence-electron chi connectivity index (χ1n) is 10.4. The number of benzene rings is 2. The highest BCUT2D eigenvalue weighted by molar-refractivity contribution is 5.99. The van der Waals surface area contributed by atoms with Crippen LogP contribution in [0, 0.1) is 0 Å². The van der Waals surface area contributed by atoms with E-state index in [1.807, 2.05) is 6.92 Å². The molecule has 2 heterocycles. The summed E-state index contributed by atoms with van der Waals surface area (Å²) in [5.74, 6) is -0.135. The lowest BCUT2D eigenvalue weighted by Crippen LogP contribution is -2.19. The zero-order chi connectivity index (χ0) is 24.8. The fraction of sp³-hybridized carbons (Fsp3) is 0.136. The van der Waals surface area contributed by atoms with E-state index in [4.69, 9.17) is 10.5 Å². The summed E-state index contributed by atoms with van der Waals surface area (Å²) in [5, 5.41) is 22.0. The Balaban J connectivity index is 1.61. The van der Waals surface area contributed by atoms with Gasteiger partial charge in [-0.15, -0.1) is 5.10 Å². The minimum Gasteiger partial charge on any atom is -0.494 e. The normalized spacial score (nSPS) is 10.9. The van der Waals surface area contributed by atoms with Crippen LogP contribution in [0.25, 0.3) is 17.1 Å². The van der Waals surface area contributed by atoms with Crippen molar-refractivity contribution in [3.05, 3.63) is 59.8 Å². The predicted octanol–water partition coefficient (Wildman–Crippen LogP) is 2.02. The highest BCUT2D eigenvalue weighted by Gasteiger charge is 2.25. The zero-order valence-electron chi connectivity index (χ0n) is 18.8. The molecule has 2 aromatic carbocycles. The molecule has 13 nitrogen and oxygen atoms in total. The summed E-state index contributed by atoms with van der Waals surface area (Å²) in [6.45, 7) is 3.76. The van der Waals surface area contributed by atoms with Crippen LogP contribution in [0.2, 0.25) is 0 Å². The summed E-state index contributed by atoms with van der Waals surface area (Å²) in [7, 11) is 0. The fourth-order valence-electron chi connectivity index (χ4n) is 3.15. The first-order valence-corrected chi connectivity index (χ1v) is 10.4. The number of hydrazone groups is 1. The molecule has 0 unspecified atom stereocenters. The molecule has 0 aliphatic rings. The Morgan fingerprint density at radius 1 is 1.20 bits per heavy atom. The number of anilines is 2. The highest BCUT2D eigenvalue weighted by Crippen LogP contribution is 2.29. The van der Waals surface area contributed by atoms with Crippen molar-refractivity contribution in [1.29, 1.82) is 0 Å². The van der Waals surface area contributed by atoms with E-state index >= 15 is 0 Å². The smallest absolute Gasteiger partial charge is 0.294 e. The third-order valence-corrected chi connectivity index (χ3v) is 4.61. The Morgan fingerprint density at radius 2 is 2.00 bits per heavy atom. The van der Waals surface area contributed by atoms with Crippen molar-refractivity contribution < 1.29 is 19.0 Å². The SMILES string of the molecule is CCOc1cccc(-c2c(C(=O)N/N=C\c3ccc(NC(C)=O)cc3)nnn2-c2nonc2N)c1. The first-order chi connectivity index (χ1) is 17.0. The minimum atomic E-state index is -0.616. The largest absolute Gasteiger partial charge is 0.494 e. The van der Waals surface area contributed by atoms with Crippen molar-refractivity contribution >= 4 is 29.5 Å². The van der Waals surface area contributed by atoms with E-state index in [0.29, 0.717) is 34.9 Å². The maximum Gasteiger partial charge on any atom is 0.294 e. The van der Waals surface area contributed by atoms with Gasteiger partial charge in [0, 0.05) is 18.2 Å². The van der Waals surface area contributed by atoms with Crippen LogP contribution in [-0.2, 0) is 4.79 Å². The molecule has 178 valence electrons. The third kappa shape index (κ3) is 5.30. The van der Waals surface area contributed by atoms with Crippen molar-refractivity contribution in [2.75, 3.05) is 17.7 Å². The van der Waals surface area contributed by atoms with Gasteiger partial charge in [0.05, 0.1) is 12.8 Å². The Labute approximate surface area is 198 Å². The number of carbonyl (C=O) groups is 2. The molecule has 35 heavy (non-hydrogen) atoms. The van der Waals surface area contributed by atoms with Crippen LogP contribution in [0.15, 0.2) is 58.3 Å². The second-order valence-electron chi connectivity index (χ2n) is 7.13. The molecule has 2 aromatic heterocycles. The molecule has 0 aliphatic carbocycles. The van der Waals surface area contributed by atoms with Gasteiger partial charge in [-0.2, -0.15) is 9.78 Å². The summed E-state index contributed by atoms with van der Waals surface area (Å²) in [6.07, 6.45) is 1.45. The molecule has 0 bridgehead atoms. The maximum atomic E-state index is 13.0. The van der Waals surface area contributed by atoms with Crippen LogP contribution >= 0.6 is 0 Å². The number of aromatic nitrogens is 5. The predicted molar refractivity (Wildman–Crippen MR) is 126 cm³/mol. The van der Waals surface area contributed by atoms with Gasteiger partial charge in [0.25, 0.3) is 5.91 Å². The van der Waals surface area contributed by atoms with E-state index in [1.54, 1.807) is 48.5 Å². The quantitative estimate of drug-likeness (QED) is 0.254. The molecule has 4 rings (SSSR count). The molecule has 4 N–H and O–H groups in total. The summed E-state index contributed by atoms with van der Waals surface area (Å²) in [4.78, 5) is 24.1. The maximum absolute atomic E-state index is 13.0. The Hall–Kier alpha value is -5.07. The average molecular weight is 475 g/mol. The van der Waals surface area contributed by atoms with Gasteiger partial charge in [-0.25, -0.2) is 10.1 Å². The summed E-state index contributed by atoms with van der Waals surface area (Å²) >= 11 is 0. The molecular formula is C22H21N9O4. The van der Waals surface area contributed by atoms with Gasteiger partial charge in [0.2, 0.25) is 17.5 Å². The number of carbonyl (C=O) groups excluding carboxylic acids is 2. The van der Waals surface area contributed by atoms with Gasteiger partial charge >= 0.3 is 0 Å². The monoisotopic (exact) mass is 475 g/mol. The molecule has 0 atom stereocenters. The van der Waals surface area contributed by atoms with E-state index in [9.17, 15) is 9.59 Å². The second-order valence-corrected chi connectivity index (χ2v) is 7.13. The number of nitrogens with one attached hydrogen (secondary N) is 2. The molecule has 2 amide bonds. The molecular weight excluding hydrogens is 454 g/mol. The average Bonchev–Trinajstić information content (AvgIpc) is 3.46. The molecule has 0 radical (unpaired) electrons. The number of nitrogens with two attached hydrogens (primary N) is 1. The molecule has 0 saturated carbocycles. The van der Waals surface area contributed by atoms with E-state index in [0.717, 1.165) is 0 Å². The van der Waals surface area contributed by atoms with Gasteiger partial charge in [0.1, 0.15) is 11.4 Å². The summed E-state index contributed by atoms with van der Waals surface area (Å²) < 4.78 is 11.5. The summed E-state index contributed by atoms with van der Waals surface area (Å²) in [5.41, 5.74) is 10.5. The molecule has 0 saturated heterocycles. The Morgan fingerprint density at radius 3 is 2.69 bits per heavy atom. The van der Waals surface area contributed by atoms with Crippen molar-refractivity contribution in [3.63, 3.8) is 0 Å². The van der Waals surface area contributed by atoms with Gasteiger partial charge in [-0.1, -0.05) is 29.5 Å². The van der Waals surface area contributed by atoms with Crippen LogP contribution in [0.3, 0.4) is 0 Å². The molecule has 0 aliphatic heterocycles. The molecule has 0 spiro atoms. The number of rotatable bonds is 8. The Kier molecular flexibility index (Phi) is 6.76. The van der Waals surface area contributed by atoms with E-state index in [1.165, 1.54) is 17.8 Å². The van der Waals surface area contributed by atoms with Gasteiger partial charge in [-0.05, 0) is 47.1 Å². The number of hydrogen-bond donors (Lipinski definition) is 3. The van der Waals surface area contributed by atoms with Gasteiger partial charge < -0.3 is 15.8 Å². The van der Waals surface area contributed by atoms with Crippen LogP contribution in [0.4, 0.5) is 11.5 Å². The van der Waals surface area contributed by atoms with Crippen LogP contribution in [0.1, 0.15) is 29.9 Å². The number of ether oxygens (including phenoxy) is 1. The number of amides is 2. The number of hydrogen-bond acceptors (Lipinski definition) is 10. The minimum absolute atomic E-state index is 0.0233. The topological polar surface area (TPSA) is 175 Å². The van der Waals surface area contributed by atoms with E-state index < -0.39 is 5.91 Å². The van der Waals surface area contributed by atoms with Crippen molar-refractivity contribution in [2.45, 2.75) is 13.8 Å². The van der Waals surface area contributed by atoms with Crippen LogP contribution in [0.5, 0.6) is 5.75 Å². The van der Waals surface area contributed by atoms with Crippen molar-refractivity contribution in [2.24, 2.45) is 5.10 Å². The van der Waals surface area contributed by atoms with Crippen LogP contribution in [-0.4, -0.2) is 49.9 Å². The van der Waals surface area contributed by atoms with E-state index in [2.05, 4.69) is 41.1 Å². The van der Waals surface area contributed by atoms with Gasteiger partial charge in [-0.3, -0.25) is 9.59 Å². The first kappa shape index (κ1) is 23.1. The molecule has 4 aromatic rings. The van der Waals surface area contributed by atoms with Crippen molar-refractivity contribution in [3.8, 4) is 22.8 Å².